The third kappa shape index (κ3) is 5.69. The number of nitrogens with zero attached hydrogens (tertiary/aromatic N) is 1. The Bertz CT molecular complexity index is 411. The van der Waals surface area contributed by atoms with E-state index in [9.17, 15) is 12.9 Å². The van der Waals surface area contributed by atoms with Gasteiger partial charge in [-0.1, -0.05) is 23.7 Å². The van der Waals surface area contributed by atoms with Gasteiger partial charge in [-0.15, -0.1) is 0 Å². The van der Waals surface area contributed by atoms with Crippen molar-refractivity contribution in [3.63, 3.8) is 0 Å². The minimum atomic E-state index is -5.01. The average Bonchev–Trinajstić information content (AvgIpc) is 2.87. The molecular formula is C13H18BF3KNO. The van der Waals surface area contributed by atoms with Crippen molar-refractivity contribution >= 4 is 12.4 Å². The van der Waals surface area contributed by atoms with Gasteiger partial charge in [-0.05, 0) is 38.4 Å². The van der Waals surface area contributed by atoms with Crippen molar-refractivity contribution in [2.75, 3.05) is 26.2 Å². The van der Waals surface area contributed by atoms with E-state index in [-0.39, 0.29) is 57.1 Å². The Morgan fingerprint density at radius 3 is 2.40 bits per heavy atom. The van der Waals surface area contributed by atoms with E-state index in [1.54, 1.807) is 6.07 Å². The number of benzene rings is 1. The maximum Gasteiger partial charge on any atom is 1.00 e. The third-order valence-electron chi connectivity index (χ3n) is 3.35. The number of likely N-dealkylation sites (tertiary alicyclic amines) is 1. The van der Waals surface area contributed by atoms with Crippen LogP contribution in [0.5, 0.6) is 5.75 Å². The molecule has 2 rings (SSSR count). The number of hydrogen-bond donors (Lipinski definition) is 0. The molecule has 0 N–H and O–H groups in total. The summed E-state index contributed by atoms with van der Waals surface area (Å²) < 4.78 is 43.6. The van der Waals surface area contributed by atoms with Crippen molar-refractivity contribution in [2.24, 2.45) is 0 Å². The summed E-state index contributed by atoms with van der Waals surface area (Å²) in [4.78, 5) is 2.32. The molecule has 1 aliphatic rings. The fraction of sp³-hybridized carbons (Fsp3) is 0.538. The molecule has 2 nitrogen and oxygen atoms in total. The summed E-state index contributed by atoms with van der Waals surface area (Å²) in [6.45, 7) is -1.57. The van der Waals surface area contributed by atoms with E-state index in [1.165, 1.54) is 25.0 Å². The summed E-state index contributed by atoms with van der Waals surface area (Å²) in [5, 5.41) is 0. The van der Waals surface area contributed by atoms with Gasteiger partial charge in [0, 0.05) is 6.54 Å². The van der Waals surface area contributed by atoms with Gasteiger partial charge in [-0.3, -0.25) is 0 Å². The fourth-order valence-corrected chi connectivity index (χ4v) is 2.36. The first-order valence-corrected chi connectivity index (χ1v) is 6.71. The Morgan fingerprint density at radius 2 is 1.75 bits per heavy atom. The molecule has 0 aromatic heterocycles. The van der Waals surface area contributed by atoms with Gasteiger partial charge in [0.15, 0.2) is 0 Å². The molecule has 1 saturated heterocycles. The van der Waals surface area contributed by atoms with Crippen molar-refractivity contribution in [3.05, 3.63) is 24.3 Å². The van der Waals surface area contributed by atoms with E-state index in [2.05, 4.69) is 4.90 Å². The zero-order valence-electron chi connectivity index (χ0n) is 11.8. The summed E-state index contributed by atoms with van der Waals surface area (Å²) in [6, 6.07) is 5.43. The standard InChI is InChI=1S/C13H18BF3NO.K/c15-14(16,17)12-6-1-2-7-13(12)19-11-5-10-18-8-3-4-9-18;/h1-2,6-7H,3-5,8-11H2;/q-1;+1. The minimum Gasteiger partial charge on any atom is -0.497 e. The van der Waals surface area contributed by atoms with Crippen LogP contribution in [0.15, 0.2) is 24.3 Å². The Labute approximate surface area is 160 Å². The molecule has 0 amide bonds. The van der Waals surface area contributed by atoms with Crippen LogP contribution in [0.2, 0.25) is 0 Å². The first-order valence-electron chi connectivity index (χ1n) is 6.71. The molecular weight excluding hydrogens is 293 g/mol. The van der Waals surface area contributed by atoms with Crippen LogP contribution in [-0.2, 0) is 0 Å². The molecule has 1 aromatic carbocycles. The normalized spacial score (nSPS) is 15.9. The van der Waals surface area contributed by atoms with Gasteiger partial charge in [0.2, 0.25) is 0 Å². The van der Waals surface area contributed by atoms with Crippen molar-refractivity contribution < 1.29 is 69.1 Å². The second kappa shape index (κ2) is 8.80. The first-order chi connectivity index (χ1) is 9.07. The van der Waals surface area contributed by atoms with E-state index >= 15 is 0 Å². The molecule has 0 radical (unpaired) electrons. The van der Waals surface area contributed by atoms with Crippen LogP contribution in [0.1, 0.15) is 19.3 Å². The number of hydrogen-bond acceptors (Lipinski definition) is 2. The molecule has 20 heavy (non-hydrogen) atoms. The fourth-order valence-electron chi connectivity index (χ4n) is 2.36. The quantitative estimate of drug-likeness (QED) is 0.524. The van der Waals surface area contributed by atoms with Gasteiger partial charge in [0.1, 0.15) is 0 Å². The number of para-hydroxylation sites is 1. The largest absolute Gasteiger partial charge is 1.00 e. The van der Waals surface area contributed by atoms with Crippen molar-refractivity contribution in [3.8, 4) is 5.75 Å². The Balaban J connectivity index is 0.00000200. The topological polar surface area (TPSA) is 12.5 Å². The average molecular weight is 311 g/mol. The molecule has 7 heteroatoms. The first kappa shape index (κ1) is 18.5. The predicted molar refractivity (Wildman–Crippen MR) is 70.9 cm³/mol. The molecule has 1 aromatic rings. The summed E-state index contributed by atoms with van der Waals surface area (Å²) in [5.41, 5.74) is -0.635. The van der Waals surface area contributed by atoms with Crippen LogP contribution in [-0.4, -0.2) is 38.1 Å². The third-order valence-corrected chi connectivity index (χ3v) is 3.35. The second-order valence-electron chi connectivity index (χ2n) is 4.86. The molecule has 0 spiro atoms. The smallest absolute Gasteiger partial charge is 0.497 e. The van der Waals surface area contributed by atoms with Gasteiger partial charge in [-0.2, -0.15) is 0 Å². The van der Waals surface area contributed by atoms with Crippen LogP contribution in [0.4, 0.5) is 12.9 Å². The second-order valence-corrected chi connectivity index (χ2v) is 4.86. The molecule has 0 atom stereocenters. The van der Waals surface area contributed by atoms with Crippen LogP contribution >= 0.6 is 0 Å². The van der Waals surface area contributed by atoms with Crippen molar-refractivity contribution in [1.29, 1.82) is 0 Å². The minimum absolute atomic E-state index is 0. The monoisotopic (exact) mass is 311 g/mol. The zero-order valence-corrected chi connectivity index (χ0v) is 14.9. The van der Waals surface area contributed by atoms with E-state index in [4.69, 9.17) is 4.74 Å². The molecule has 0 unspecified atom stereocenters. The van der Waals surface area contributed by atoms with Gasteiger partial charge in [0.25, 0.3) is 0 Å². The van der Waals surface area contributed by atoms with Crippen LogP contribution < -0.4 is 61.6 Å². The maximum atomic E-state index is 12.8. The maximum absolute atomic E-state index is 12.8. The van der Waals surface area contributed by atoms with Gasteiger partial charge in [-0.25, -0.2) is 0 Å². The van der Waals surface area contributed by atoms with E-state index in [1.807, 2.05) is 0 Å². The zero-order chi connectivity index (χ0) is 13.7. The van der Waals surface area contributed by atoms with Crippen LogP contribution in [0, 0.1) is 0 Å². The van der Waals surface area contributed by atoms with Crippen molar-refractivity contribution in [2.45, 2.75) is 19.3 Å². The molecule has 1 heterocycles. The SMILES string of the molecule is F[B-](F)(F)c1ccccc1OCCCN1CCCC1.[K+]. The Hall–Kier alpha value is 0.471. The number of ether oxygens (including phenoxy) is 1. The summed E-state index contributed by atoms with van der Waals surface area (Å²) in [7, 11) is 0. The predicted octanol–water partition coefficient (Wildman–Crippen LogP) is -0.390. The van der Waals surface area contributed by atoms with Crippen LogP contribution in [0.3, 0.4) is 0 Å². The Morgan fingerprint density at radius 1 is 1.10 bits per heavy atom. The summed E-state index contributed by atoms with van der Waals surface area (Å²) in [5.74, 6) is -0.0450. The van der Waals surface area contributed by atoms with E-state index in [0.717, 1.165) is 32.1 Å². The van der Waals surface area contributed by atoms with Gasteiger partial charge >= 0.3 is 58.4 Å². The summed E-state index contributed by atoms with van der Waals surface area (Å²) >= 11 is 0. The molecule has 0 saturated carbocycles. The summed E-state index contributed by atoms with van der Waals surface area (Å²) in [6.07, 6.45) is 3.21. The number of halogens is 3. The van der Waals surface area contributed by atoms with Crippen molar-refractivity contribution in [1.82, 2.24) is 4.90 Å². The van der Waals surface area contributed by atoms with Crippen LogP contribution in [0.25, 0.3) is 0 Å². The Kier molecular flexibility index (Phi) is 8.15. The molecule has 0 bridgehead atoms. The molecule has 1 aliphatic heterocycles. The molecule has 0 aliphatic carbocycles. The molecule has 106 valence electrons. The van der Waals surface area contributed by atoms with E-state index < -0.39 is 12.4 Å². The number of rotatable bonds is 6. The molecule has 1 fully saturated rings. The van der Waals surface area contributed by atoms with E-state index in [0.29, 0.717) is 6.61 Å². The van der Waals surface area contributed by atoms with Gasteiger partial charge in [0.05, 0.1) is 12.4 Å². The van der Waals surface area contributed by atoms with Gasteiger partial charge < -0.3 is 22.6 Å².